The maximum atomic E-state index is 12.7. The Labute approximate surface area is 260 Å². The summed E-state index contributed by atoms with van der Waals surface area (Å²) in [6.45, 7) is 3.45. The van der Waals surface area contributed by atoms with Crippen molar-refractivity contribution in [2.45, 2.75) is 32.2 Å². The molecule has 44 heavy (non-hydrogen) atoms. The number of nitrogens with zero attached hydrogens (tertiary/aromatic N) is 6. The van der Waals surface area contributed by atoms with Crippen molar-refractivity contribution >= 4 is 45.5 Å². The van der Waals surface area contributed by atoms with Crippen LogP contribution in [0.5, 0.6) is 0 Å². The van der Waals surface area contributed by atoms with Gasteiger partial charge in [-0.05, 0) is 73.5 Å². The van der Waals surface area contributed by atoms with E-state index in [1.807, 2.05) is 42.9 Å². The molecule has 1 fully saturated rings. The minimum Gasteiger partial charge on any atom is -0.350 e. The second kappa shape index (κ2) is 13.9. The van der Waals surface area contributed by atoms with E-state index < -0.39 is 0 Å². The molecule has 2 aromatic carbocycles. The number of guanidine groups is 1. The molecule has 1 saturated heterocycles. The Balaban J connectivity index is 1.14. The van der Waals surface area contributed by atoms with E-state index in [9.17, 15) is 4.79 Å². The molecule has 0 saturated carbocycles. The maximum Gasteiger partial charge on any atom is 0.225 e. The molecule has 3 N–H and O–H groups in total. The lowest BCUT2D eigenvalue weighted by Crippen LogP contribution is -2.32. The van der Waals surface area contributed by atoms with Crippen molar-refractivity contribution in [2.75, 3.05) is 30.3 Å². The van der Waals surface area contributed by atoms with Gasteiger partial charge in [0.25, 0.3) is 0 Å². The van der Waals surface area contributed by atoms with E-state index in [1.54, 1.807) is 35.9 Å². The zero-order valence-corrected chi connectivity index (χ0v) is 25.1. The van der Waals surface area contributed by atoms with Crippen LogP contribution in [0.4, 0.5) is 11.4 Å². The van der Waals surface area contributed by atoms with Crippen LogP contribution in [0.2, 0.25) is 0 Å². The molecule has 1 aliphatic heterocycles. The van der Waals surface area contributed by atoms with E-state index in [0.717, 1.165) is 63.0 Å². The monoisotopic (exact) mass is 603 g/mol. The van der Waals surface area contributed by atoms with Crippen LogP contribution in [0.15, 0.2) is 90.4 Å². The number of carbonyl (C=O) groups excluding carboxylic acids is 1. The van der Waals surface area contributed by atoms with E-state index in [-0.39, 0.29) is 5.91 Å². The maximum absolute atomic E-state index is 12.7. The van der Waals surface area contributed by atoms with E-state index in [0.29, 0.717) is 18.9 Å². The van der Waals surface area contributed by atoms with Crippen molar-refractivity contribution in [3.63, 3.8) is 0 Å². The fourth-order valence-electron chi connectivity index (χ4n) is 5.41. The van der Waals surface area contributed by atoms with Gasteiger partial charge in [-0.1, -0.05) is 42.0 Å². The van der Waals surface area contributed by atoms with Gasteiger partial charge in [-0.15, -0.1) is 4.99 Å². The van der Waals surface area contributed by atoms with Gasteiger partial charge in [0.1, 0.15) is 0 Å². The first kappa shape index (κ1) is 29.0. The summed E-state index contributed by atoms with van der Waals surface area (Å²) in [6, 6.07) is 20.0. The molecule has 1 aliphatic rings. The average Bonchev–Trinajstić information content (AvgIpc) is 3.71. The number of pyridine rings is 1. The third-order valence-corrected chi connectivity index (χ3v) is 8.57. The Bertz CT molecular complexity index is 1800. The molecule has 0 radical (unpaired) electrons. The Kier molecular flexibility index (Phi) is 9.21. The molecular formula is C33H33N9OS. The minimum absolute atomic E-state index is 0.0466. The first-order valence-electron chi connectivity index (χ1n) is 14.7. The smallest absolute Gasteiger partial charge is 0.225 e. The molecule has 6 rings (SSSR count). The molecule has 222 valence electrons. The van der Waals surface area contributed by atoms with Crippen molar-refractivity contribution in [3.8, 4) is 22.5 Å². The topological polar surface area (TPSA) is 123 Å². The zero-order chi connectivity index (χ0) is 30.1. The normalized spacial score (nSPS) is 13.8. The number of nitriles is 1. The van der Waals surface area contributed by atoms with Crippen molar-refractivity contribution in [2.24, 2.45) is 4.99 Å². The number of thiazole rings is 1. The highest BCUT2D eigenvalue weighted by molar-refractivity contribution is 7.14. The lowest BCUT2D eigenvalue weighted by atomic mass is 10.0. The molecule has 10 nitrogen and oxygen atoms in total. The second-order valence-electron chi connectivity index (χ2n) is 10.6. The summed E-state index contributed by atoms with van der Waals surface area (Å²) < 4.78 is 2.08. The summed E-state index contributed by atoms with van der Waals surface area (Å²) in [5.74, 6) is 0.399. The third kappa shape index (κ3) is 7.11. The molecule has 11 heteroatoms. The first-order valence-corrected chi connectivity index (χ1v) is 15.5. The lowest BCUT2D eigenvalue weighted by Gasteiger charge is -2.25. The van der Waals surface area contributed by atoms with Crippen LogP contribution < -0.4 is 16.0 Å². The van der Waals surface area contributed by atoms with E-state index in [1.165, 1.54) is 19.3 Å². The standard InChI is InChI=1S/C33H33N9OS/c34-23-38-32(40-25-10-14-35-15-11-25)36-21-27-22-37-33(44-27)42-19-12-29-28(8-5-9-30(29)42)24-6-4-7-26(20-24)39-31(43)13-18-41-16-2-1-3-17-41/h4-12,14-15,19-20,22H,1-3,13,16-18,21H2,(H,39,43)(H2,35,36,38,40). The van der Waals surface area contributed by atoms with Crippen molar-refractivity contribution < 1.29 is 4.79 Å². The van der Waals surface area contributed by atoms with Gasteiger partial charge < -0.3 is 20.9 Å². The summed E-state index contributed by atoms with van der Waals surface area (Å²) >= 11 is 1.56. The lowest BCUT2D eigenvalue weighted by molar-refractivity contribution is -0.116. The molecule has 0 bridgehead atoms. The zero-order valence-electron chi connectivity index (χ0n) is 24.2. The van der Waals surface area contributed by atoms with Gasteiger partial charge in [0.05, 0.1) is 12.1 Å². The molecule has 0 atom stereocenters. The fourth-order valence-corrected chi connectivity index (χ4v) is 6.26. The molecule has 0 unspecified atom stereocenters. The van der Waals surface area contributed by atoms with Gasteiger partial charge in [0, 0.05) is 59.4 Å². The number of piperidine rings is 1. The van der Waals surface area contributed by atoms with Gasteiger partial charge >= 0.3 is 0 Å². The Morgan fingerprint density at radius 3 is 2.68 bits per heavy atom. The summed E-state index contributed by atoms with van der Waals surface area (Å²) in [6.07, 6.45) is 13.3. The number of aromatic nitrogens is 3. The number of amides is 1. The molecule has 5 aromatic rings. The molecule has 0 spiro atoms. The van der Waals surface area contributed by atoms with E-state index >= 15 is 0 Å². The Hall–Kier alpha value is -5.05. The van der Waals surface area contributed by atoms with E-state index in [2.05, 4.69) is 64.6 Å². The summed E-state index contributed by atoms with van der Waals surface area (Å²) in [5, 5.41) is 20.4. The number of nitrogens with one attached hydrogen (secondary N) is 3. The third-order valence-electron chi connectivity index (χ3n) is 7.58. The fraction of sp³-hybridized carbons (Fsp3) is 0.242. The number of aliphatic imine (C=N–C) groups is 1. The molecule has 0 aliphatic carbocycles. The molecule has 3 aromatic heterocycles. The van der Waals surface area contributed by atoms with Crippen LogP contribution in [-0.4, -0.2) is 50.9 Å². The number of hydrogen-bond donors (Lipinski definition) is 3. The molecular weight excluding hydrogens is 570 g/mol. The highest BCUT2D eigenvalue weighted by Crippen LogP contribution is 2.33. The number of carbonyl (C=O) groups is 1. The van der Waals surface area contributed by atoms with Crippen molar-refractivity contribution in [1.82, 2.24) is 24.8 Å². The summed E-state index contributed by atoms with van der Waals surface area (Å²) in [4.78, 5) is 28.6. The highest BCUT2D eigenvalue weighted by Gasteiger charge is 2.14. The van der Waals surface area contributed by atoms with Crippen molar-refractivity contribution in [1.29, 1.82) is 5.26 Å². The summed E-state index contributed by atoms with van der Waals surface area (Å²) in [5.41, 5.74) is 4.75. The number of hydrogen-bond acceptors (Lipinski definition) is 7. The first-order chi connectivity index (χ1) is 21.7. The van der Waals surface area contributed by atoms with Gasteiger partial charge in [-0.3, -0.25) is 14.3 Å². The number of anilines is 2. The van der Waals surface area contributed by atoms with Crippen LogP contribution in [0.1, 0.15) is 30.6 Å². The average molecular weight is 604 g/mol. The minimum atomic E-state index is 0.0466. The Morgan fingerprint density at radius 2 is 1.84 bits per heavy atom. The van der Waals surface area contributed by atoms with Crippen molar-refractivity contribution in [3.05, 3.63) is 90.3 Å². The number of fused-ring (bicyclic) bond motifs is 1. The van der Waals surface area contributed by atoms with Crippen LogP contribution in [0, 0.1) is 11.5 Å². The predicted molar refractivity (Wildman–Crippen MR) is 176 cm³/mol. The quantitative estimate of drug-likeness (QED) is 0.107. The van der Waals surface area contributed by atoms with Crippen LogP contribution >= 0.6 is 11.3 Å². The number of likely N-dealkylation sites (tertiary alicyclic amines) is 1. The van der Waals surface area contributed by atoms with Crippen LogP contribution in [0.25, 0.3) is 27.2 Å². The molecule has 4 heterocycles. The van der Waals surface area contributed by atoms with Gasteiger partial charge in [-0.25, -0.2) is 4.98 Å². The number of rotatable bonds is 9. The second-order valence-corrected chi connectivity index (χ2v) is 11.7. The predicted octanol–water partition coefficient (Wildman–Crippen LogP) is 6.00. The van der Waals surface area contributed by atoms with Gasteiger partial charge in [0.2, 0.25) is 18.1 Å². The van der Waals surface area contributed by atoms with Crippen LogP contribution in [-0.2, 0) is 11.3 Å². The SMILES string of the molecule is N#C/N=C(\NCc1cnc(-n2ccc3c(-c4cccc(NC(=O)CCN5CCCCC5)c4)cccc32)s1)Nc1ccncc1. The van der Waals surface area contributed by atoms with E-state index in [4.69, 9.17) is 5.26 Å². The number of benzene rings is 2. The van der Waals surface area contributed by atoms with Crippen LogP contribution in [0.3, 0.4) is 0 Å². The van der Waals surface area contributed by atoms with Gasteiger partial charge in [0.15, 0.2) is 5.13 Å². The Morgan fingerprint density at radius 1 is 1.00 bits per heavy atom. The largest absolute Gasteiger partial charge is 0.350 e. The summed E-state index contributed by atoms with van der Waals surface area (Å²) in [7, 11) is 0. The van der Waals surface area contributed by atoms with Gasteiger partial charge in [-0.2, -0.15) is 5.26 Å². The molecule has 1 amide bonds. The highest BCUT2D eigenvalue weighted by atomic mass is 32.1.